The molecule has 3 fully saturated rings. The molecule has 4 aromatic carbocycles. The van der Waals surface area contributed by atoms with Crippen molar-refractivity contribution < 1.29 is 33.4 Å². The molecule has 1 saturated carbocycles. The molecule has 11 heteroatoms. The van der Waals surface area contributed by atoms with Gasteiger partial charge in [-0.05, 0) is 72.4 Å². The molecule has 51 heavy (non-hydrogen) atoms. The highest BCUT2D eigenvalue weighted by Gasteiger charge is 2.70. The molecule has 258 valence electrons. The topological polar surface area (TPSA) is 116 Å². The molecule has 0 bridgehead atoms. The average Bonchev–Trinajstić information content (AvgIpc) is 3.50. The number of imide groups is 2. The highest BCUT2D eigenvalue weighted by Crippen LogP contribution is 2.65. The summed E-state index contributed by atoms with van der Waals surface area (Å²) in [6, 6.07) is 26.3. The molecular weight excluding hydrogens is 673 g/mol. The Morgan fingerprint density at radius 3 is 2.31 bits per heavy atom. The standard InChI is InChI=1S/C40H33ClFN3O6/c1-51-32-9-5-8-29(35(32)46)34-27-18-19-28-33(38(49)44(36(28)47)21-22-6-3-2-4-7-22)30(27)20-31-37(48)45(43-26-16-14-25(42)15-17-26)39(50)40(31,34)23-10-12-24(41)13-11-23/h2-18,28,30-31,33-34,43,46H,19-21H2,1H3/t28-,30+,31-,33-,34+,40+/m0/s1. The van der Waals surface area contributed by atoms with Crippen molar-refractivity contribution in [1.82, 2.24) is 9.91 Å². The number of nitrogens with zero attached hydrogens (tertiary/aromatic N) is 2. The number of benzene rings is 4. The summed E-state index contributed by atoms with van der Waals surface area (Å²) >= 11 is 6.35. The van der Waals surface area contributed by atoms with E-state index in [0.29, 0.717) is 27.4 Å². The molecule has 2 aliphatic heterocycles. The molecule has 4 aliphatic rings. The molecule has 2 aliphatic carbocycles. The van der Waals surface area contributed by atoms with Crippen LogP contribution in [-0.4, -0.2) is 45.8 Å². The number of hydrazine groups is 1. The molecule has 2 heterocycles. The predicted octanol–water partition coefficient (Wildman–Crippen LogP) is 6.38. The van der Waals surface area contributed by atoms with Crippen molar-refractivity contribution >= 4 is 40.9 Å². The number of ether oxygens (including phenoxy) is 1. The number of hydrogen-bond donors (Lipinski definition) is 2. The quantitative estimate of drug-likeness (QED) is 0.169. The first-order chi connectivity index (χ1) is 24.6. The van der Waals surface area contributed by atoms with E-state index in [1.165, 1.54) is 36.3 Å². The fraction of sp³-hybridized carbons (Fsp3) is 0.250. The Hall–Kier alpha value is -5.48. The van der Waals surface area contributed by atoms with Crippen LogP contribution in [0.3, 0.4) is 0 Å². The Balaban J connectivity index is 1.32. The van der Waals surface area contributed by atoms with E-state index in [4.69, 9.17) is 16.3 Å². The normalized spacial score (nSPS) is 26.8. The van der Waals surface area contributed by atoms with Crippen LogP contribution in [0.25, 0.3) is 0 Å². The fourth-order valence-corrected chi connectivity index (χ4v) is 9.05. The van der Waals surface area contributed by atoms with Gasteiger partial charge in [0.25, 0.3) is 11.8 Å². The van der Waals surface area contributed by atoms with Crippen LogP contribution in [-0.2, 0) is 31.1 Å². The van der Waals surface area contributed by atoms with Gasteiger partial charge in [0.05, 0.1) is 42.5 Å². The third-order valence-electron chi connectivity index (χ3n) is 11.1. The van der Waals surface area contributed by atoms with Gasteiger partial charge in [-0.15, -0.1) is 0 Å². The zero-order valence-corrected chi connectivity index (χ0v) is 28.2. The van der Waals surface area contributed by atoms with Crippen molar-refractivity contribution in [3.8, 4) is 11.5 Å². The van der Waals surface area contributed by atoms with Crippen LogP contribution in [0.4, 0.5) is 10.1 Å². The smallest absolute Gasteiger partial charge is 0.260 e. The first-order valence-electron chi connectivity index (χ1n) is 16.8. The van der Waals surface area contributed by atoms with E-state index >= 15 is 4.79 Å². The zero-order chi connectivity index (χ0) is 35.6. The van der Waals surface area contributed by atoms with Crippen molar-refractivity contribution in [1.29, 1.82) is 0 Å². The minimum absolute atomic E-state index is 0.0845. The number of para-hydroxylation sites is 1. The SMILES string of the molecule is COc1cccc([C@H]2C3=CC[C@@H]4C(=O)N(Cc5ccccc5)C(=O)[C@@H]4[C@@H]3C[C@H]3C(=O)N(Nc4ccc(F)cc4)C(=O)[C@@]23c2ccc(Cl)cc2)c1O. The van der Waals surface area contributed by atoms with E-state index in [1.807, 2.05) is 36.4 Å². The Morgan fingerprint density at radius 1 is 0.882 bits per heavy atom. The number of methoxy groups -OCH3 is 1. The van der Waals surface area contributed by atoms with Gasteiger partial charge in [-0.1, -0.05) is 77.8 Å². The summed E-state index contributed by atoms with van der Waals surface area (Å²) in [5.41, 5.74) is 3.95. The average molecular weight is 706 g/mol. The summed E-state index contributed by atoms with van der Waals surface area (Å²) in [5.74, 6) is -6.27. The van der Waals surface area contributed by atoms with Crippen molar-refractivity contribution in [2.75, 3.05) is 12.5 Å². The molecule has 8 rings (SSSR count). The van der Waals surface area contributed by atoms with Crippen LogP contribution < -0.4 is 10.2 Å². The van der Waals surface area contributed by atoms with Gasteiger partial charge < -0.3 is 9.84 Å². The van der Waals surface area contributed by atoms with Crippen molar-refractivity contribution in [3.63, 3.8) is 0 Å². The summed E-state index contributed by atoms with van der Waals surface area (Å²) in [5, 5.41) is 13.2. The number of rotatable bonds is 7. The van der Waals surface area contributed by atoms with E-state index in [1.54, 1.807) is 42.5 Å². The highest BCUT2D eigenvalue weighted by atomic mass is 35.5. The lowest BCUT2D eigenvalue weighted by Crippen LogP contribution is -2.53. The molecule has 6 atom stereocenters. The Labute approximate surface area is 298 Å². The third kappa shape index (κ3) is 4.95. The Morgan fingerprint density at radius 2 is 1.61 bits per heavy atom. The first-order valence-corrected chi connectivity index (χ1v) is 17.1. The minimum atomic E-state index is -1.62. The maximum Gasteiger partial charge on any atom is 0.260 e. The number of amides is 4. The summed E-state index contributed by atoms with van der Waals surface area (Å²) in [6.07, 6.45) is 2.25. The molecule has 4 amide bonds. The number of aromatic hydroxyl groups is 1. The minimum Gasteiger partial charge on any atom is -0.504 e. The van der Waals surface area contributed by atoms with Crippen LogP contribution in [0.15, 0.2) is 109 Å². The number of phenolic OH excluding ortho intramolecular Hbond substituents is 1. The molecule has 0 radical (unpaired) electrons. The number of likely N-dealkylation sites (tertiary alicyclic amines) is 1. The van der Waals surface area contributed by atoms with Crippen LogP contribution in [0.2, 0.25) is 5.02 Å². The monoisotopic (exact) mass is 705 g/mol. The first kappa shape index (κ1) is 32.7. The van der Waals surface area contributed by atoms with E-state index in [9.17, 15) is 23.9 Å². The molecule has 4 aromatic rings. The van der Waals surface area contributed by atoms with Gasteiger partial charge in [0.2, 0.25) is 11.8 Å². The number of halogens is 2. The van der Waals surface area contributed by atoms with Crippen LogP contribution in [0.5, 0.6) is 11.5 Å². The molecule has 9 nitrogen and oxygen atoms in total. The maximum absolute atomic E-state index is 15.2. The number of phenols is 1. The lowest BCUT2D eigenvalue weighted by molar-refractivity contribution is -0.142. The van der Waals surface area contributed by atoms with Crippen molar-refractivity contribution in [3.05, 3.63) is 136 Å². The van der Waals surface area contributed by atoms with Crippen molar-refractivity contribution in [2.24, 2.45) is 23.7 Å². The van der Waals surface area contributed by atoms with E-state index in [0.717, 1.165) is 10.6 Å². The van der Waals surface area contributed by atoms with Crippen LogP contribution in [0, 0.1) is 29.5 Å². The van der Waals surface area contributed by atoms with Gasteiger partial charge in [0, 0.05) is 16.5 Å². The lowest BCUT2D eigenvalue weighted by atomic mass is 9.49. The second-order valence-electron chi connectivity index (χ2n) is 13.5. The van der Waals surface area contributed by atoms with Crippen LogP contribution in [0.1, 0.15) is 35.4 Å². The van der Waals surface area contributed by atoms with E-state index < -0.39 is 52.6 Å². The predicted molar refractivity (Wildman–Crippen MR) is 186 cm³/mol. The number of fused-ring (bicyclic) bond motifs is 4. The number of carbonyl (C=O) groups is 4. The summed E-state index contributed by atoms with van der Waals surface area (Å²) in [4.78, 5) is 59.5. The third-order valence-corrected chi connectivity index (χ3v) is 11.3. The number of allylic oxidation sites excluding steroid dienone is 2. The van der Waals surface area contributed by atoms with E-state index in [2.05, 4.69) is 5.43 Å². The van der Waals surface area contributed by atoms with Gasteiger partial charge in [0.1, 0.15) is 5.82 Å². The van der Waals surface area contributed by atoms with Gasteiger partial charge in [0.15, 0.2) is 11.5 Å². The summed E-state index contributed by atoms with van der Waals surface area (Å²) in [6.45, 7) is 0.124. The summed E-state index contributed by atoms with van der Waals surface area (Å²) in [7, 11) is 1.42. The van der Waals surface area contributed by atoms with Gasteiger partial charge >= 0.3 is 0 Å². The largest absolute Gasteiger partial charge is 0.504 e. The Kier molecular flexibility index (Phi) is 7.94. The molecular formula is C40H33ClFN3O6. The second-order valence-corrected chi connectivity index (χ2v) is 14.0. The molecule has 0 unspecified atom stereocenters. The molecule has 0 aromatic heterocycles. The van der Waals surface area contributed by atoms with Gasteiger partial charge in [-0.2, -0.15) is 5.01 Å². The molecule has 0 spiro atoms. The summed E-state index contributed by atoms with van der Waals surface area (Å²) < 4.78 is 19.4. The van der Waals surface area contributed by atoms with Gasteiger partial charge in [-0.3, -0.25) is 29.5 Å². The lowest BCUT2D eigenvalue weighted by Gasteiger charge is -2.50. The molecule has 2 saturated heterocycles. The number of hydrogen-bond acceptors (Lipinski definition) is 7. The number of carbonyl (C=O) groups excluding carboxylic acids is 4. The van der Waals surface area contributed by atoms with Crippen molar-refractivity contribution in [2.45, 2.75) is 30.7 Å². The maximum atomic E-state index is 15.2. The number of nitrogens with one attached hydrogen (secondary N) is 1. The second kappa shape index (κ2) is 12.4. The fourth-order valence-electron chi connectivity index (χ4n) is 8.92. The zero-order valence-electron chi connectivity index (χ0n) is 27.5. The van der Waals surface area contributed by atoms with E-state index in [-0.39, 0.29) is 42.7 Å². The highest BCUT2D eigenvalue weighted by molar-refractivity contribution is 6.30. The molecule has 2 N–H and O–H groups in total. The van der Waals surface area contributed by atoms with Gasteiger partial charge in [-0.25, -0.2) is 4.39 Å². The van der Waals surface area contributed by atoms with Crippen LogP contribution >= 0.6 is 11.6 Å². The Bertz CT molecular complexity index is 2110. The number of anilines is 1.